The summed E-state index contributed by atoms with van der Waals surface area (Å²) in [6.45, 7) is -0.672. The van der Waals surface area contributed by atoms with Gasteiger partial charge in [0.05, 0.1) is 39.1 Å². The van der Waals surface area contributed by atoms with E-state index in [2.05, 4.69) is 25.3 Å². The number of thiol groups is 2. The van der Waals surface area contributed by atoms with Crippen LogP contribution in [0.3, 0.4) is 0 Å². The predicted octanol–water partition coefficient (Wildman–Crippen LogP) is 1.05. The van der Waals surface area contributed by atoms with Crippen LogP contribution in [-0.4, -0.2) is 94.3 Å². The van der Waals surface area contributed by atoms with Gasteiger partial charge in [0.15, 0.2) is 0 Å². The second kappa shape index (κ2) is 23.2. The number of carbonyl (C=O) groups excluding carboxylic acids is 3. The molecule has 0 N–H and O–H groups in total. The number of benzene rings is 1. The van der Waals surface area contributed by atoms with Crippen molar-refractivity contribution in [2.75, 3.05) is 62.7 Å². The Morgan fingerprint density at radius 1 is 0.630 bits per heavy atom. The largest absolute Gasteiger partial charge is 0.490 e. The van der Waals surface area contributed by atoms with Gasteiger partial charge in [0.2, 0.25) is 0 Å². The van der Waals surface area contributed by atoms with Crippen molar-refractivity contribution >= 4 is 54.9 Å². The van der Waals surface area contributed by atoms with Gasteiger partial charge in [-0.1, -0.05) is 18.2 Å². The number of hydrogen-bond donors (Lipinski definition) is 2. The zero-order valence-corrected chi connectivity index (χ0v) is 28.1. The molecule has 0 saturated carbocycles. The van der Waals surface area contributed by atoms with Gasteiger partial charge in [-0.2, -0.15) is 37.0 Å². The van der Waals surface area contributed by atoms with E-state index in [0.29, 0.717) is 47.0 Å². The molecule has 0 saturated heterocycles. The predicted molar refractivity (Wildman–Crippen MR) is 178 cm³/mol. The fourth-order valence-corrected chi connectivity index (χ4v) is 4.87. The fraction of sp³-hybridized carbons (Fsp3) is 0.586. The molecule has 0 fully saturated rings. The highest BCUT2D eigenvalue weighted by molar-refractivity contribution is 7.99. The molecule has 46 heavy (non-hydrogen) atoms. The van der Waals surface area contributed by atoms with Gasteiger partial charge in [0, 0.05) is 18.1 Å². The van der Waals surface area contributed by atoms with E-state index in [1.807, 2.05) is 30.3 Å². The third kappa shape index (κ3) is 15.0. The van der Waals surface area contributed by atoms with Gasteiger partial charge >= 0.3 is 35.0 Å². The highest BCUT2D eigenvalue weighted by Gasteiger charge is 2.18. The maximum Gasteiger partial charge on any atom is 0.336 e. The molecule has 0 spiro atoms. The van der Waals surface area contributed by atoms with E-state index in [-0.39, 0.29) is 70.7 Å². The van der Waals surface area contributed by atoms with Crippen LogP contribution in [-0.2, 0) is 53.0 Å². The van der Waals surface area contributed by atoms with E-state index in [1.165, 1.54) is 0 Å². The maximum absolute atomic E-state index is 13.0. The molecule has 2 rings (SSSR count). The van der Waals surface area contributed by atoms with Crippen molar-refractivity contribution in [3.8, 4) is 5.75 Å². The molecule has 0 radical (unpaired) electrons. The molecule has 2 aromatic rings. The highest BCUT2D eigenvalue weighted by atomic mass is 32.2. The summed E-state index contributed by atoms with van der Waals surface area (Å²) in [5.74, 6) is 1.07. The zero-order valence-electron chi connectivity index (χ0n) is 25.5. The van der Waals surface area contributed by atoms with Crippen LogP contribution in [0.4, 0.5) is 0 Å². The summed E-state index contributed by atoms with van der Waals surface area (Å²) in [5.41, 5.74) is -2.93. The van der Waals surface area contributed by atoms with Crippen molar-refractivity contribution in [2.45, 2.75) is 45.3 Å². The number of rotatable bonds is 24. The summed E-state index contributed by atoms with van der Waals surface area (Å²) in [7, 11) is 0. The standard InChI is InChI=1S/C29H41N3O11S3/c33-24(8-19-45)42-15-11-31-27(36)30(28(37)32(29(31)38)22-26(35)41-13-4-18-44)10-14-39-12-5-20-46-21-9-25(34)43-17-16-40-23-6-2-1-3-7-23/h1-3,6-7,44-45H,4-5,8-22H2. The third-order valence-electron chi connectivity index (χ3n) is 5.98. The minimum Gasteiger partial charge on any atom is -0.490 e. The van der Waals surface area contributed by atoms with Crippen molar-refractivity contribution in [1.82, 2.24) is 13.7 Å². The third-order valence-corrected chi connectivity index (χ3v) is 7.59. The molecule has 1 heterocycles. The molecule has 0 atom stereocenters. The second-order valence-corrected chi connectivity index (χ2v) is 11.6. The van der Waals surface area contributed by atoms with Crippen LogP contribution in [0.1, 0.15) is 25.7 Å². The first-order valence-corrected chi connectivity index (χ1v) is 17.2. The molecule has 17 heteroatoms. The Balaban J connectivity index is 1.80. The lowest BCUT2D eigenvalue weighted by Crippen LogP contribution is -2.56. The zero-order chi connectivity index (χ0) is 33.6. The van der Waals surface area contributed by atoms with Gasteiger partial charge in [-0.05, 0) is 36.5 Å². The van der Waals surface area contributed by atoms with Crippen molar-refractivity contribution in [3.05, 3.63) is 61.8 Å². The van der Waals surface area contributed by atoms with Crippen LogP contribution in [0, 0.1) is 0 Å². The van der Waals surface area contributed by atoms with Gasteiger partial charge in [0.25, 0.3) is 0 Å². The minimum atomic E-state index is -1.02. The summed E-state index contributed by atoms with van der Waals surface area (Å²) < 4.78 is 28.4. The van der Waals surface area contributed by atoms with Crippen LogP contribution in [0.5, 0.6) is 5.75 Å². The Labute approximate surface area is 281 Å². The Kier molecular flexibility index (Phi) is 19.7. The molecule has 1 aromatic carbocycles. The first-order valence-electron chi connectivity index (χ1n) is 14.7. The number of aromatic nitrogens is 3. The van der Waals surface area contributed by atoms with Crippen molar-refractivity contribution in [3.63, 3.8) is 0 Å². The SMILES string of the molecule is O=C(CCS)OCCn1c(=O)n(CCOCCCSCCC(=O)OCCOc2ccccc2)c(=O)n(CC(=O)OCCCS)c1=O. The number of carbonyl (C=O) groups is 3. The van der Waals surface area contributed by atoms with Crippen LogP contribution in [0.2, 0.25) is 0 Å². The summed E-state index contributed by atoms with van der Waals surface area (Å²) in [4.78, 5) is 74.8. The van der Waals surface area contributed by atoms with Crippen molar-refractivity contribution in [2.24, 2.45) is 0 Å². The average molecular weight is 704 g/mol. The Morgan fingerprint density at radius 3 is 1.96 bits per heavy atom. The minimum absolute atomic E-state index is 0.0152. The van der Waals surface area contributed by atoms with E-state index < -0.39 is 35.6 Å². The number of esters is 3. The smallest absolute Gasteiger partial charge is 0.336 e. The van der Waals surface area contributed by atoms with E-state index in [1.54, 1.807) is 11.8 Å². The number of nitrogens with zero attached hydrogens (tertiary/aromatic N) is 3. The normalized spacial score (nSPS) is 10.8. The molecule has 14 nitrogen and oxygen atoms in total. The number of thioether (sulfide) groups is 1. The molecule has 0 aliphatic carbocycles. The van der Waals surface area contributed by atoms with Gasteiger partial charge < -0.3 is 23.7 Å². The quantitative estimate of drug-likeness (QED) is 0.0693. The maximum atomic E-state index is 13.0. The molecular formula is C29H41N3O11S3. The lowest BCUT2D eigenvalue weighted by molar-refractivity contribution is -0.145. The molecule has 1 aromatic heterocycles. The van der Waals surface area contributed by atoms with Crippen molar-refractivity contribution < 1.29 is 38.1 Å². The van der Waals surface area contributed by atoms with E-state index in [4.69, 9.17) is 23.7 Å². The summed E-state index contributed by atoms with van der Waals surface area (Å²) >= 11 is 9.55. The first-order chi connectivity index (χ1) is 22.3. The van der Waals surface area contributed by atoms with Crippen LogP contribution in [0.25, 0.3) is 0 Å². The number of hydrogen-bond acceptors (Lipinski definition) is 14. The summed E-state index contributed by atoms with van der Waals surface area (Å²) in [6.07, 6.45) is 1.45. The van der Waals surface area contributed by atoms with Crippen molar-refractivity contribution in [1.29, 1.82) is 0 Å². The molecule has 0 amide bonds. The molecule has 0 bridgehead atoms. The van der Waals surface area contributed by atoms with Gasteiger partial charge in [-0.3, -0.25) is 14.4 Å². The summed E-state index contributed by atoms with van der Waals surface area (Å²) in [5, 5.41) is 0. The molecule has 0 unspecified atom stereocenters. The van der Waals surface area contributed by atoms with E-state index in [9.17, 15) is 28.8 Å². The lowest BCUT2D eigenvalue weighted by Gasteiger charge is -2.14. The number of para-hydroxylation sites is 1. The first kappa shape index (κ1) is 39.0. The monoisotopic (exact) mass is 703 g/mol. The number of ether oxygens (including phenoxy) is 5. The Bertz CT molecular complexity index is 1400. The fourth-order valence-electron chi connectivity index (χ4n) is 3.72. The molecular weight excluding hydrogens is 663 g/mol. The van der Waals surface area contributed by atoms with Gasteiger partial charge in [-0.25, -0.2) is 28.1 Å². The molecule has 0 aliphatic rings. The van der Waals surface area contributed by atoms with E-state index >= 15 is 0 Å². The van der Waals surface area contributed by atoms with Gasteiger partial charge in [0.1, 0.15) is 32.1 Å². The van der Waals surface area contributed by atoms with Crippen LogP contribution in [0.15, 0.2) is 44.7 Å². The van der Waals surface area contributed by atoms with Crippen LogP contribution < -0.4 is 21.8 Å². The Morgan fingerprint density at radius 2 is 1.26 bits per heavy atom. The molecule has 256 valence electrons. The van der Waals surface area contributed by atoms with Gasteiger partial charge in [-0.15, -0.1) is 0 Å². The summed E-state index contributed by atoms with van der Waals surface area (Å²) in [6, 6.07) is 9.24. The van der Waals surface area contributed by atoms with Crippen LogP contribution >= 0.6 is 37.0 Å². The average Bonchev–Trinajstić information content (AvgIpc) is 3.04. The molecule has 0 aliphatic heterocycles. The highest BCUT2D eigenvalue weighted by Crippen LogP contribution is 2.08. The lowest BCUT2D eigenvalue weighted by atomic mass is 10.3. The second-order valence-electron chi connectivity index (χ2n) is 9.44. The Hall–Kier alpha value is -3.15. The topological polar surface area (TPSA) is 163 Å². The van der Waals surface area contributed by atoms with E-state index in [0.717, 1.165) is 9.13 Å².